The summed E-state index contributed by atoms with van der Waals surface area (Å²) in [6.07, 6.45) is 0. The van der Waals surface area contributed by atoms with Gasteiger partial charge >= 0.3 is 0 Å². The molecule has 0 unspecified atom stereocenters. The van der Waals surface area contributed by atoms with E-state index in [1.807, 2.05) is 24.3 Å². The first-order valence-electron chi connectivity index (χ1n) is 10.5. The molecule has 2 aromatic heterocycles. The van der Waals surface area contributed by atoms with Gasteiger partial charge in [-0.1, -0.05) is 66.2 Å². The number of thiazole rings is 1. The molecule has 5 heteroatoms. The Hall–Kier alpha value is -3.83. The van der Waals surface area contributed by atoms with Crippen molar-refractivity contribution in [3.8, 4) is 33.1 Å². The van der Waals surface area contributed by atoms with Crippen LogP contribution in [0.5, 0.6) is 0 Å². The average Bonchev–Trinajstić information content (AvgIpc) is 3.31. The Kier molecular flexibility index (Phi) is 5.48. The van der Waals surface area contributed by atoms with Crippen LogP contribution in [0.15, 0.2) is 90.3 Å². The molecule has 4 nitrogen and oxygen atoms in total. The quantitative estimate of drug-likeness (QED) is 0.315. The molecule has 2 heterocycles. The summed E-state index contributed by atoms with van der Waals surface area (Å²) in [7, 11) is 0. The van der Waals surface area contributed by atoms with E-state index in [9.17, 15) is 0 Å². The Morgan fingerprint density at radius 3 is 2.12 bits per heavy atom. The van der Waals surface area contributed by atoms with Crippen molar-refractivity contribution >= 4 is 22.8 Å². The van der Waals surface area contributed by atoms with Crippen LogP contribution in [0.2, 0.25) is 0 Å². The minimum absolute atomic E-state index is 0.712. The Morgan fingerprint density at radius 1 is 0.688 bits per heavy atom. The fraction of sp³-hybridized carbons (Fsp3) is 0.0741. The van der Waals surface area contributed by atoms with Crippen LogP contribution < -0.4 is 5.32 Å². The number of aryl methyl sites for hydroxylation is 2. The summed E-state index contributed by atoms with van der Waals surface area (Å²) in [4.78, 5) is 4.84. The van der Waals surface area contributed by atoms with Gasteiger partial charge in [0.1, 0.15) is 5.01 Å². The van der Waals surface area contributed by atoms with E-state index in [0.717, 1.165) is 33.2 Å². The molecule has 0 bridgehead atoms. The Labute approximate surface area is 191 Å². The van der Waals surface area contributed by atoms with Crippen molar-refractivity contribution in [2.45, 2.75) is 13.8 Å². The molecule has 0 radical (unpaired) electrons. The maximum absolute atomic E-state index is 4.84. The van der Waals surface area contributed by atoms with Gasteiger partial charge in [0.2, 0.25) is 0 Å². The highest BCUT2D eigenvalue weighted by Crippen LogP contribution is 2.31. The van der Waals surface area contributed by atoms with Gasteiger partial charge in [0.25, 0.3) is 0 Å². The van der Waals surface area contributed by atoms with Crippen LogP contribution >= 0.6 is 11.3 Å². The number of hydrogen-bond acceptors (Lipinski definition) is 5. The van der Waals surface area contributed by atoms with Crippen LogP contribution in [0.4, 0.5) is 11.5 Å². The van der Waals surface area contributed by atoms with Crippen LogP contribution in [0, 0.1) is 13.8 Å². The largest absolute Gasteiger partial charge is 0.339 e. The van der Waals surface area contributed by atoms with Crippen LogP contribution in [0.25, 0.3) is 33.1 Å². The highest BCUT2D eigenvalue weighted by Gasteiger charge is 2.09. The molecule has 0 fully saturated rings. The first-order chi connectivity index (χ1) is 15.7. The number of nitrogens with one attached hydrogen (secondary N) is 1. The first-order valence-corrected chi connectivity index (χ1v) is 11.3. The Morgan fingerprint density at radius 2 is 1.41 bits per heavy atom. The maximum atomic E-state index is 4.84. The van der Waals surface area contributed by atoms with E-state index in [0.29, 0.717) is 5.82 Å². The zero-order chi connectivity index (χ0) is 21.9. The van der Waals surface area contributed by atoms with E-state index in [2.05, 4.69) is 95.4 Å². The van der Waals surface area contributed by atoms with E-state index in [1.54, 1.807) is 11.3 Å². The molecule has 0 aliphatic heterocycles. The van der Waals surface area contributed by atoms with Gasteiger partial charge in [0.05, 0.1) is 11.4 Å². The number of nitrogens with zero attached hydrogens (tertiary/aromatic N) is 3. The molecule has 0 amide bonds. The monoisotopic (exact) mass is 434 g/mol. The predicted molar refractivity (Wildman–Crippen MR) is 133 cm³/mol. The molecule has 0 atom stereocenters. The third-order valence-electron chi connectivity index (χ3n) is 5.34. The van der Waals surface area contributed by atoms with Gasteiger partial charge in [-0.2, -0.15) is 0 Å². The van der Waals surface area contributed by atoms with E-state index >= 15 is 0 Å². The van der Waals surface area contributed by atoms with Gasteiger partial charge in [0, 0.05) is 27.8 Å². The van der Waals surface area contributed by atoms with Crippen molar-refractivity contribution < 1.29 is 0 Å². The summed E-state index contributed by atoms with van der Waals surface area (Å²) in [6.45, 7) is 4.19. The van der Waals surface area contributed by atoms with Crippen LogP contribution in [-0.4, -0.2) is 15.2 Å². The zero-order valence-corrected chi connectivity index (χ0v) is 18.7. The number of benzene rings is 3. The normalized spacial score (nSPS) is 10.8. The lowest BCUT2D eigenvalue weighted by atomic mass is 10.1. The minimum atomic E-state index is 0.712. The summed E-state index contributed by atoms with van der Waals surface area (Å²) >= 11 is 1.67. The maximum Gasteiger partial charge on any atom is 0.153 e. The molecule has 0 aliphatic rings. The SMILES string of the molecule is Cc1ccc(-c2ccc(Nc3ccc(-c4csc(-c5ccccc5C)n4)cc3)nn2)cc1. The van der Waals surface area contributed by atoms with Gasteiger partial charge in [-0.3, -0.25) is 0 Å². The fourth-order valence-corrected chi connectivity index (χ4v) is 4.41. The second kappa shape index (κ2) is 8.73. The zero-order valence-electron chi connectivity index (χ0n) is 17.9. The first kappa shape index (κ1) is 20.1. The molecule has 32 heavy (non-hydrogen) atoms. The smallest absolute Gasteiger partial charge is 0.153 e. The van der Waals surface area contributed by atoms with Gasteiger partial charge in [0.15, 0.2) is 5.82 Å². The topological polar surface area (TPSA) is 50.7 Å². The van der Waals surface area contributed by atoms with Crippen molar-refractivity contribution in [2.75, 3.05) is 5.32 Å². The van der Waals surface area contributed by atoms with E-state index < -0.39 is 0 Å². The van der Waals surface area contributed by atoms with Crippen LogP contribution in [0.3, 0.4) is 0 Å². The highest BCUT2D eigenvalue weighted by molar-refractivity contribution is 7.13. The van der Waals surface area contributed by atoms with E-state index in [-0.39, 0.29) is 0 Å². The van der Waals surface area contributed by atoms with Crippen LogP contribution in [0.1, 0.15) is 11.1 Å². The minimum Gasteiger partial charge on any atom is -0.339 e. The molecule has 3 aromatic carbocycles. The average molecular weight is 435 g/mol. The molecule has 0 saturated heterocycles. The summed E-state index contributed by atoms with van der Waals surface area (Å²) in [6, 6.07) is 28.8. The number of anilines is 2. The lowest BCUT2D eigenvalue weighted by molar-refractivity contribution is 1.04. The lowest BCUT2D eigenvalue weighted by Crippen LogP contribution is -1.96. The summed E-state index contributed by atoms with van der Waals surface area (Å²) in [5, 5.41) is 15.2. The molecule has 5 aromatic rings. The number of hydrogen-bond donors (Lipinski definition) is 1. The van der Waals surface area contributed by atoms with Crippen molar-refractivity contribution in [1.82, 2.24) is 15.2 Å². The third-order valence-corrected chi connectivity index (χ3v) is 6.22. The summed E-state index contributed by atoms with van der Waals surface area (Å²) in [5.41, 5.74) is 8.62. The van der Waals surface area contributed by atoms with Gasteiger partial charge < -0.3 is 5.32 Å². The molecular weight excluding hydrogens is 412 g/mol. The van der Waals surface area contributed by atoms with Gasteiger partial charge in [-0.15, -0.1) is 21.5 Å². The lowest BCUT2D eigenvalue weighted by Gasteiger charge is -2.07. The second-order valence-corrected chi connectivity index (χ2v) is 8.58. The molecule has 0 spiro atoms. The molecule has 0 saturated carbocycles. The molecule has 0 aliphatic carbocycles. The second-order valence-electron chi connectivity index (χ2n) is 7.73. The van der Waals surface area contributed by atoms with Crippen molar-refractivity contribution in [1.29, 1.82) is 0 Å². The van der Waals surface area contributed by atoms with Gasteiger partial charge in [-0.05, 0) is 43.7 Å². The highest BCUT2D eigenvalue weighted by atomic mass is 32.1. The standard InChI is InChI=1S/C27H22N4S/c1-18-7-9-20(10-8-18)24-15-16-26(31-30-24)28-22-13-11-21(12-14-22)25-17-32-27(29-25)23-6-4-3-5-19(23)2/h3-17H,1-2H3,(H,28,31). The fourth-order valence-electron chi connectivity index (χ4n) is 3.49. The van der Waals surface area contributed by atoms with E-state index in [4.69, 9.17) is 4.98 Å². The van der Waals surface area contributed by atoms with Crippen LogP contribution in [-0.2, 0) is 0 Å². The molecule has 1 N–H and O–H groups in total. The number of rotatable bonds is 5. The van der Waals surface area contributed by atoms with Crippen molar-refractivity contribution in [2.24, 2.45) is 0 Å². The van der Waals surface area contributed by atoms with E-state index in [1.165, 1.54) is 16.7 Å². The molecular formula is C27H22N4S. The summed E-state index contributed by atoms with van der Waals surface area (Å²) in [5.74, 6) is 0.712. The molecule has 156 valence electrons. The van der Waals surface area contributed by atoms with Crippen molar-refractivity contribution in [3.05, 3.63) is 101 Å². The van der Waals surface area contributed by atoms with Gasteiger partial charge in [-0.25, -0.2) is 4.98 Å². The number of aromatic nitrogens is 3. The third kappa shape index (κ3) is 4.29. The van der Waals surface area contributed by atoms with Crippen molar-refractivity contribution in [3.63, 3.8) is 0 Å². The predicted octanol–water partition coefficient (Wildman–Crippen LogP) is 7.29. The molecule has 5 rings (SSSR count). The Bertz CT molecular complexity index is 1340. The Balaban J connectivity index is 1.29. The summed E-state index contributed by atoms with van der Waals surface area (Å²) < 4.78 is 0.